The summed E-state index contributed by atoms with van der Waals surface area (Å²) in [7, 11) is 0. The highest BCUT2D eigenvalue weighted by Crippen LogP contribution is 2.40. The predicted octanol–water partition coefficient (Wildman–Crippen LogP) is 6.43. The summed E-state index contributed by atoms with van der Waals surface area (Å²) < 4.78 is 21.9. The summed E-state index contributed by atoms with van der Waals surface area (Å²) >= 11 is 2.07. The van der Waals surface area contributed by atoms with Crippen LogP contribution in [0.2, 0.25) is 0 Å². The van der Waals surface area contributed by atoms with Crippen LogP contribution in [0.1, 0.15) is 103 Å². The van der Waals surface area contributed by atoms with E-state index in [4.69, 9.17) is 4.74 Å². The third kappa shape index (κ3) is 8.94. The summed E-state index contributed by atoms with van der Waals surface area (Å²) in [5, 5.41) is 6.88. The Morgan fingerprint density at radius 2 is 1.92 bits per heavy atom. The van der Waals surface area contributed by atoms with Crippen molar-refractivity contribution in [3.8, 4) is 0 Å². The first kappa shape index (κ1) is 29.8. The van der Waals surface area contributed by atoms with Gasteiger partial charge in [-0.1, -0.05) is 50.3 Å². The first-order chi connectivity index (χ1) is 18.3. The van der Waals surface area contributed by atoms with Crippen molar-refractivity contribution >= 4 is 17.9 Å². The van der Waals surface area contributed by atoms with E-state index in [0.717, 1.165) is 49.9 Å². The van der Waals surface area contributed by atoms with Gasteiger partial charge in [-0.15, -0.1) is 0 Å². The second kappa shape index (κ2) is 14.5. The first-order valence-electron chi connectivity index (χ1n) is 15.1. The van der Waals surface area contributed by atoms with Gasteiger partial charge < -0.3 is 15.4 Å². The highest BCUT2D eigenvalue weighted by atomic mass is 32.2. The van der Waals surface area contributed by atoms with Gasteiger partial charge in [-0.25, -0.2) is 8.70 Å². The number of benzene rings is 1. The molecular weight excluding hydrogens is 497 g/mol. The molecule has 1 amide bonds. The molecule has 2 bridgehead atoms. The first-order valence-corrected chi connectivity index (χ1v) is 16.1. The highest BCUT2D eigenvalue weighted by molar-refractivity contribution is 7.97. The molecule has 214 valence electrons. The number of nitrogens with zero attached hydrogens (tertiary/aromatic N) is 1. The number of nitrogens with one attached hydrogen (secondary N) is 2. The predicted molar refractivity (Wildman–Crippen MR) is 156 cm³/mol. The molecule has 5 rings (SSSR count). The van der Waals surface area contributed by atoms with E-state index in [0.29, 0.717) is 18.4 Å². The van der Waals surface area contributed by atoms with Gasteiger partial charge in [0.2, 0.25) is 5.91 Å². The number of amides is 1. The monoisotopic (exact) mass is 547 g/mol. The minimum absolute atomic E-state index is 0.113. The van der Waals surface area contributed by atoms with Crippen LogP contribution in [0, 0.1) is 11.7 Å². The lowest BCUT2D eigenvalue weighted by molar-refractivity contribution is -0.123. The number of carbonyl (C=O) groups is 1. The number of ether oxygens (including phenoxy) is 1. The van der Waals surface area contributed by atoms with E-state index in [1.807, 2.05) is 12.1 Å². The van der Waals surface area contributed by atoms with E-state index in [-0.39, 0.29) is 23.2 Å². The van der Waals surface area contributed by atoms with Crippen molar-refractivity contribution in [1.29, 1.82) is 0 Å². The molecule has 0 aromatic heterocycles. The minimum Gasteiger partial charge on any atom is -0.376 e. The molecule has 4 unspecified atom stereocenters. The molecule has 1 saturated carbocycles. The van der Waals surface area contributed by atoms with Crippen LogP contribution >= 0.6 is 11.9 Å². The van der Waals surface area contributed by atoms with Gasteiger partial charge in [0.15, 0.2) is 0 Å². The fourth-order valence-electron chi connectivity index (χ4n) is 6.67. The SMILES string of the molecule is CC1(C)CC(C(CC(=O)NC2CCCCC2)c2ccc(F)cc2)CCO1.CCC1CN[C@@H]2CCCSN1C2. The molecule has 1 aromatic carbocycles. The Labute approximate surface area is 234 Å². The van der Waals surface area contributed by atoms with Crippen molar-refractivity contribution in [2.24, 2.45) is 5.92 Å². The molecule has 1 aromatic rings. The van der Waals surface area contributed by atoms with Crippen molar-refractivity contribution in [2.45, 2.75) is 121 Å². The van der Waals surface area contributed by atoms with E-state index < -0.39 is 0 Å². The van der Waals surface area contributed by atoms with Crippen LogP contribution in [0.15, 0.2) is 24.3 Å². The zero-order valence-corrected chi connectivity index (χ0v) is 24.7. The maximum Gasteiger partial charge on any atom is 0.220 e. The van der Waals surface area contributed by atoms with Gasteiger partial charge in [-0.05, 0) is 88.3 Å². The molecule has 4 fully saturated rings. The highest BCUT2D eigenvalue weighted by Gasteiger charge is 2.35. The molecule has 1 aliphatic carbocycles. The Balaban J connectivity index is 0.000000232. The number of carbonyl (C=O) groups excluding carboxylic acids is 1. The molecule has 7 heteroatoms. The Kier molecular flexibility index (Phi) is 11.4. The average molecular weight is 548 g/mol. The quantitative estimate of drug-likeness (QED) is 0.402. The lowest BCUT2D eigenvalue weighted by Crippen LogP contribution is -2.52. The Morgan fingerprint density at radius 3 is 2.63 bits per heavy atom. The van der Waals surface area contributed by atoms with Crippen molar-refractivity contribution in [3.05, 3.63) is 35.6 Å². The van der Waals surface area contributed by atoms with Gasteiger partial charge >= 0.3 is 0 Å². The molecule has 2 N–H and O–H groups in total. The van der Waals surface area contributed by atoms with Crippen LogP contribution in [-0.2, 0) is 9.53 Å². The summed E-state index contributed by atoms with van der Waals surface area (Å²) in [5.74, 6) is 1.72. The van der Waals surface area contributed by atoms with Gasteiger partial charge in [0.05, 0.1) is 5.60 Å². The van der Waals surface area contributed by atoms with Gasteiger partial charge in [-0.3, -0.25) is 4.79 Å². The molecule has 3 aliphatic heterocycles. The van der Waals surface area contributed by atoms with E-state index in [9.17, 15) is 9.18 Å². The number of piperazine rings is 1. The fraction of sp³-hybridized carbons (Fsp3) is 0.774. The molecule has 3 saturated heterocycles. The minimum atomic E-state index is -0.230. The zero-order valence-electron chi connectivity index (χ0n) is 23.9. The Hall–Kier alpha value is -1.15. The Bertz CT molecular complexity index is 861. The number of rotatable bonds is 6. The lowest BCUT2D eigenvalue weighted by Gasteiger charge is -2.39. The Morgan fingerprint density at radius 1 is 1.16 bits per heavy atom. The topological polar surface area (TPSA) is 53.6 Å². The normalized spacial score (nSPS) is 30.3. The van der Waals surface area contributed by atoms with Crippen LogP contribution in [0.4, 0.5) is 4.39 Å². The number of hydrogen-bond donors (Lipinski definition) is 2. The molecular formula is C31H50FN3O2S. The van der Waals surface area contributed by atoms with Crippen LogP contribution in [-0.4, -0.2) is 59.4 Å². The third-order valence-electron chi connectivity index (χ3n) is 8.85. The standard InChI is InChI=1S/C22H32FNO2.C9H18N2S/c1-22(2)15-17(12-13-26-22)20(16-8-10-18(23)11-9-16)14-21(25)24-19-6-4-3-5-7-19;1-2-9-6-10-8-4-3-5-12-11(9)7-8/h8-11,17,19-20H,3-7,12-15H2,1-2H3,(H,24,25);8-10H,2-7H2,1H3/t;8-,9?/m.1/s1. The summed E-state index contributed by atoms with van der Waals surface area (Å²) in [6, 6.07) is 8.59. The van der Waals surface area contributed by atoms with Gasteiger partial charge in [-0.2, -0.15) is 0 Å². The lowest BCUT2D eigenvalue weighted by atomic mass is 9.75. The van der Waals surface area contributed by atoms with Crippen LogP contribution in [0.5, 0.6) is 0 Å². The number of halogens is 1. The number of hydrogen-bond acceptors (Lipinski definition) is 5. The maximum absolute atomic E-state index is 13.4. The van der Waals surface area contributed by atoms with Crippen molar-refractivity contribution in [2.75, 3.05) is 25.4 Å². The zero-order chi connectivity index (χ0) is 27.0. The van der Waals surface area contributed by atoms with Crippen LogP contribution in [0.25, 0.3) is 0 Å². The number of fused-ring (bicyclic) bond motifs is 2. The fourth-order valence-corrected chi connectivity index (χ4v) is 7.92. The van der Waals surface area contributed by atoms with E-state index in [1.54, 1.807) is 0 Å². The summed E-state index contributed by atoms with van der Waals surface area (Å²) in [6.45, 7) is 9.71. The molecule has 0 spiro atoms. The maximum atomic E-state index is 13.4. The smallest absolute Gasteiger partial charge is 0.220 e. The van der Waals surface area contributed by atoms with Gasteiger partial charge in [0, 0.05) is 50.0 Å². The molecule has 5 nitrogen and oxygen atoms in total. The van der Waals surface area contributed by atoms with Gasteiger partial charge in [0.1, 0.15) is 5.82 Å². The summed E-state index contributed by atoms with van der Waals surface area (Å²) in [5.41, 5.74) is 0.897. The summed E-state index contributed by atoms with van der Waals surface area (Å²) in [6.07, 6.45) is 12.3. The molecule has 3 heterocycles. The van der Waals surface area contributed by atoms with Crippen molar-refractivity contribution < 1.29 is 13.9 Å². The van der Waals surface area contributed by atoms with Crippen LogP contribution < -0.4 is 10.6 Å². The second-order valence-electron chi connectivity index (χ2n) is 12.4. The van der Waals surface area contributed by atoms with Crippen LogP contribution in [0.3, 0.4) is 0 Å². The molecule has 4 aliphatic rings. The molecule has 38 heavy (non-hydrogen) atoms. The summed E-state index contributed by atoms with van der Waals surface area (Å²) in [4.78, 5) is 12.7. The van der Waals surface area contributed by atoms with E-state index in [1.165, 1.54) is 69.5 Å². The molecule has 0 radical (unpaired) electrons. The van der Waals surface area contributed by atoms with Crippen molar-refractivity contribution in [1.82, 2.24) is 14.9 Å². The average Bonchev–Trinajstić information content (AvgIpc) is 3.10. The molecule has 5 atom stereocenters. The van der Waals surface area contributed by atoms with E-state index >= 15 is 0 Å². The second-order valence-corrected chi connectivity index (χ2v) is 13.5. The van der Waals surface area contributed by atoms with E-state index in [2.05, 4.69) is 47.7 Å². The third-order valence-corrected chi connectivity index (χ3v) is 10.1. The van der Waals surface area contributed by atoms with Gasteiger partial charge in [0.25, 0.3) is 0 Å². The largest absolute Gasteiger partial charge is 0.376 e. The van der Waals surface area contributed by atoms with Crippen molar-refractivity contribution in [3.63, 3.8) is 0 Å².